The van der Waals surface area contributed by atoms with Crippen LogP contribution in [0.3, 0.4) is 0 Å². The van der Waals surface area contributed by atoms with Gasteiger partial charge in [-0.1, -0.05) is 42.4 Å². The molecule has 0 aliphatic carbocycles. The van der Waals surface area contributed by atoms with Gasteiger partial charge in [0, 0.05) is 11.6 Å². The Balaban J connectivity index is 2.14. The van der Waals surface area contributed by atoms with Gasteiger partial charge in [0.15, 0.2) is 11.5 Å². The molecule has 4 heteroatoms. The molecule has 2 aromatic rings. The molecule has 0 saturated carbocycles. The summed E-state index contributed by atoms with van der Waals surface area (Å²) in [6.07, 6.45) is 0.787. The first-order chi connectivity index (χ1) is 8.31. The molecular weight excluding hydrogens is 218 g/mol. The normalized spacial score (nSPS) is 10.2. The standard InChI is InChI=1S/C13H13NO3/c1-2-8-16-13(15)11-9-12(17-14-11)10-6-4-3-5-7-10/h3-7,9H,2,8H2,1H3. The average molecular weight is 231 g/mol. The van der Waals surface area contributed by atoms with E-state index in [-0.39, 0.29) is 5.69 Å². The van der Waals surface area contributed by atoms with Gasteiger partial charge in [-0.25, -0.2) is 4.79 Å². The van der Waals surface area contributed by atoms with E-state index >= 15 is 0 Å². The summed E-state index contributed by atoms with van der Waals surface area (Å²) in [7, 11) is 0. The molecule has 0 aliphatic rings. The van der Waals surface area contributed by atoms with Crippen molar-refractivity contribution < 1.29 is 14.1 Å². The van der Waals surface area contributed by atoms with Crippen molar-refractivity contribution in [1.82, 2.24) is 5.16 Å². The van der Waals surface area contributed by atoms with Gasteiger partial charge in [0.2, 0.25) is 0 Å². The fraction of sp³-hybridized carbons (Fsp3) is 0.231. The topological polar surface area (TPSA) is 52.3 Å². The van der Waals surface area contributed by atoms with Crippen LogP contribution in [-0.4, -0.2) is 17.7 Å². The first-order valence-corrected chi connectivity index (χ1v) is 5.50. The maximum absolute atomic E-state index is 11.5. The highest BCUT2D eigenvalue weighted by Crippen LogP contribution is 2.19. The van der Waals surface area contributed by atoms with Crippen molar-refractivity contribution in [2.24, 2.45) is 0 Å². The van der Waals surface area contributed by atoms with Crippen LogP contribution in [0.5, 0.6) is 0 Å². The molecule has 2 rings (SSSR count). The molecule has 17 heavy (non-hydrogen) atoms. The summed E-state index contributed by atoms with van der Waals surface area (Å²) in [5.41, 5.74) is 1.09. The summed E-state index contributed by atoms with van der Waals surface area (Å²) in [5, 5.41) is 3.70. The maximum Gasteiger partial charge on any atom is 0.360 e. The Morgan fingerprint density at radius 1 is 1.35 bits per heavy atom. The van der Waals surface area contributed by atoms with Crippen molar-refractivity contribution in [3.63, 3.8) is 0 Å². The minimum absolute atomic E-state index is 0.206. The van der Waals surface area contributed by atoms with Crippen LogP contribution in [-0.2, 0) is 4.74 Å². The zero-order valence-electron chi connectivity index (χ0n) is 9.55. The number of esters is 1. The largest absolute Gasteiger partial charge is 0.461 e. The van der Waals surface area contributed by atoms with Crippen LogP contribution < -0.4 is 0 Å². The van der Waals surface area contributed by atoms with E-state index in [1.165, 1.54) is 0 Å². The predicted molar refractivity (Wildman–Crippen MR) is 62.5 cm³/mol. The minimum atomic E-state index is -0.446. The Morgan fingerprint density at radius 2 is 2.12 bits per heavy atom. The summed E-state index contributed by atoms with van der Waals surface area (Å²) in [5.74, 6) is 0.117. The molecule has 0 spiro atoms. The Morgan fingerprint density at radius 3 is 2.82 bits per heavy atom. The number of nitrogens with zero attached hydrogens (tertiary/aromatic N) is 1. The molecule has 0 amide bonds. The summed E-state index contributed by atoms with van der Waals surface area (Å²) >= 11 is 0. The number of hydrogen-bond donors (Lipinski definition) is 0. The van der Waals surface area contributed by atoms with Crippen LogP contribution in [0.2, 0.25) is 0 Å². The Kier molecular flexibility index (Phi) is 3.55. The van der Waals surface area contributed by atoms with Gasteiger partial charge in [0.1, 0.15) is 0 Å². The number of hydrogen-bond acceptors (Lipinski definition) is 4. The Hall–Kier alpha value is -2.10. The molecule has 1 aromatic heterocycles. The second kappa shape index (κ2) is 5.30. The van der Waals surface area contributed by atoms with Gasteiger partial charge < -0.3 is 9.26 Å². The van der Waals surface area contributed by atoms with Crippen LogP contribution in [0.1, 0.15) is 23.8 Å². The number of benzene rings is 1. The molecule has 0 atom stereocenters. The van der Waals surface area contributed by atoms with Crippen molar-refractivity contribution in [1.29, 1.82) is 0 Å². The van der Waals surface area contributed by atoms with Gasteiger partial charge in [-0.2, -0.15) is 0 Å². The van der Waals surface area contributed by atoms with Crippen molar-refractivity contribution in [3.8, 4) is 11.3 Å². The monoisotopic (exact) mass is 231 g/mol. The molecular formula is C13H13NO3. The minimum Gasteiger partial charge on any atom is -0.461 e. The van der Waals surface area contributed by atoms with Gasteiger partial charge in [-0.15, -0.1) is 0 Å². The number of aromatic nitrogens is 1. The summed E-state index contributed by atoms with van der Waals surface area (Å²) in [6.45, 7) is 2.33. The second-order valence-corrected chi connectivity index (χ2v) is 3.58. The zero-order valence-corrected chi connectivity index (χ0v) is 9.55. The highest BCUT2D eigenvalue weighted by molar-refractivity contribution is 5.88. The van der Waals surface area contributed by atoms with Crippen LogP contribution in [0.25, 0.3) is 11.3 Å². The first kappa shape index (κ1) is 11.4. The molecule has 0 fully saturated rings. The fourth-order valence-electron chi connectivity index (χ4n) is 1.38. The van der Waals surface area contributed by atoms with Gasteiger partial charge in [-0.05, 0) is 6.42 Å². The third kappa shape index (κ3) is 2.72. The Bertz CT molecular complexity index is 490. The number of carbonyl (C=O) groups excluding carboxylic acids is 1. The van der Waals surface area contributed by atoms with E-state index in [9.17, 15) is 4.79 Å². The van der Waals surface area contributed by atoms with E-state index in [4.69, 9.17) is 9.26 Å². The zero-order chi connectivity index (χ0) is 12.1. The van der Waals surface area contributed by atoms with Crippen molar-refractivity contribution >= 4 is 5.97 Å². The smallest absolute Gasteiger partial charge is 0.360 e. The van der Waals surface area contributed by atoms with Crippen LogP contribution in [0.15, 0.2) is 40.9 Å². The van der Waals surface area contributed by atoms with Crippen LogP contribution in [0, 0.1) is 0 Å². The van der Waals surface area contributed by atoms with Crippen LogP contribution in [0.4, 0.5) is 0 Å². The lowest BCUT2D eigenvalue weighted by Gasteiger charge is -1.97. The SMILES string of the molecule is CCCOC(=O)c1cc(-c2ccccc2)on1. The van der Waals surface area contributed by atoms with Crippen molar-refractivity contribution in [3.05, 3.63) is 42.1 Å². The van der Waals surface area contributed by atoms with E-state index in [0.29, 0.717) is 12.4 Å². The molecule has 0 N–H and O–H groups in total. The van der Waals surface area contributed by atoms with E-state index in [1.54, 1.807) is 6.07 Å². The quantitative estimate of drug-likeness (QED) is 0.759. The summed E-state index contributed by atoms with van der Waals surface area (Å²) in [4.78, 5) is 11.5. The number of rotatable bonds is 4. The molecule has 88 valence electrons. The van der Waals surface area contributed by atoms with E-state index in [1.807, 2.05) is 37.3 Å². The summed E-state index contributed by atoms with van der Waals surface area (Å²) < 4.78 is 10.1. The van der Waals surface area contributed by atoms with E-state index in [0.717, 1.165) is 12.0 Å². The van der Waals surface area contributed by atoms with Crippen LogP contribution >= 0.6 is 0 Å². The molecule has 1 aromatic carbocycles. The van der Waals surface area contributed by atoms with Crippen molar-refractivity contribution in [2.75, 3.05) is 6.61 Å². The maximum atomic E-state index is 11.5. The number of ether oxygens (including phenoxy) is 1. The van der Waals surface area contributed by atoms with E-state index in [2.05, 4.69) is 5.16 Å². The fourth-order valence-corrected chi connectivity index (χ4v) is 1.38. The molecule has 4 nitrogen and oxygen atoms in total. The highest BCUT2D eigenvalue weighted by Gasteiger charge is 2.14. The summed E-state index contributed by atoms with van der Waals surface area (Å²) in [6, 6.07) is 11.1. The number of carbonyl (C=O) groups is 1. The first-order valence-electron chi connectivity index (χ1n) is 5.50. The molecule has 0 unspecified atom stereocenters. The molecule has 0 saturated heterocycles. The molecule has 0 bridgehead atoms. The van der Waals surface area contributed by atoms with Crippen molar-refractivity contribution in [2.45, 2.75) is 13.3 Å². The molecule has 0 radical (unpaired) electrons. The van der Waals surface area contributed by atoms with Gasteiger partial charge in [-0.3, -0.25) is 0 Å². The lowest BCUT2D eigenvalue weighted by molar-refractivity contribution is 0.0493. The van der Waals surface area contributed by atoms with Gasteiger partial charge in [0.25, 0.3) is 0 Å². The Labute approximate surface area is 99.2 Å². The highest BCUT2D eigenvalue weighted by atomic mass is 16.5. The third-order valence-corrected chi connectivity index (χ3v) is 2.21. The average Bonchev–Trinajstić information content (AvgIpc) is 2.86. The lowest BCUT2D eigenvalue weighted by atomic mass is 10.2. The van der Waals surface area contributed by atoms with Gasteiger partial charge >= 0.3 is 5.97 Å². The molecule has 0 aliphatic heterocycles. The van der Waals surface area contributed by atoms with Gasteiger partial charge in [0.05, 0.1) is 6.61 Å². The lowest BCUT2D eigenvalue weighted by Crippen LogP contribution is -2.05. The predicted octanol–water partition coefficient (Wildman–Crippen LogP) is 2.91. The van der Waals surface area contributed by atoms with E-state index < -0.39 is 5.97 Å². The third-order valence-electron chi connectivity index (χ3n) is 2.21. The second-order valence-electron chi connectivity index (χ2n) is 3.58. The molecule has 1 heterocycles.